The van der Waals surface area contributed by atoms with Gasteiger partial charge in [0.2, 0.25) is 0 Å². The van der Waals surface area contributed by atoms with E-state index in [-0.39, 0.29) is 5.82 Å². The lowest BCUT2D eigenvalue weighted by Gasteiger charge is -2.36. The molecule has 1 aliphatic rings. The van der Waals surface area contributed by atoms with E-state index in [1.54, 1.807) is 6.07 Å². The smallest absolute Gasteiger partial charge is 0.169 e. The second-order valence-electron chi connectivity index (χ2n) is 5.46. The second-order valence-corrected chi connectivity index (χ2v) is 5.85. The van der Waals surface area contributed by atoms with Crippen LogP contribution < -0.4 is 5.32 Å². The predicted molar refractivity (Wildman–Crippen MR) is 84.1 cm³/mol. The predicted octanol–water partition coefficient (Wildman–Crippen LogP) is 2.23. The highest BCUT2D eigenvalue weighted by Crippen LogP contribution is 2.12. The fourth-order valence-electron chi connectivity index (χ4n) is 2.31. The summed E-state index contributed by atoms with van der Waals surface area (Å²) in [6.07, 6.45) is 0. The molecule has 1 N–H and O–H groups in total. The minimum Gasteiger partial charge on any atom is -0.360 e. The quantitative estimate of drug-likeness (QED) is 0.862. The van der Waals surface area contributed by atoms with Crippen LogP contribution >= 0.6 is 12.2 Å². The number of halogens is 1. The molecule has 110 valence electrons. The molecule has 2 rings (SSSR count). The molecule has 0 radical (unpaired) electrons. The molecule has 1 fully saturated rings. The molecule has 0 unspecified atom stereocenters. The molecule has 5 heteroatoms. The Labute approximate surface area is 125 Å². The van der Waals surface area contributed by atoms with Crippen LogP contribution in [0.2, 0.25) is 0 Å². The second kappa shape index (κ2) is 6.99. The van der Waals surface area contributed by atoms with Crippen LogP contribution in [0.3, 0.4) is 0 Å². The fourth-order valence-corrected chi connectivity index (χ4v) is 2.73. The first kappa shape index (κ1) is 15.2. The molecule has 1 aromatic carbocycles. The molecule has 0 aliphatic carbocycles. The topological polar surface area (TPSA) is 18.5 Å². The van der Waals surface area contributed by atoms with Crippen LogP contribution in [-0.4, -0.2) is 47.1 Å². The molecule has 0 aromatic heterocycles. The third-order valence-corrected chi connectivity index (χ3v) is 3.80. The van der Waals surface area contributed by atoms with Gasteiger partial charge in [-0.25, -0.2) is 4.39 Å². The van der Waals surface area contributed by atoms with Crippen LogP contribution in [0.4, 0.5) is 4.39 Å². The Hall–Kier alpha value is -1.20. The first-order chi connectivity index (χ1) is 9.56. The lowest BCUT2D eigenvalue weighted by Crippen LogP contribution is -2.52. The lowest BCUT2D eigenvalue weighted by atomic mass is 10.2. The molecule has 0 amide bonds. The SMILES string of the molecule is CC(C)NC(=S)N1CCN(Cc2ccccc2F)CC1. The van der Waals surface area contributed by atoms with E-state index in [0.29, 0.717) is 12.6 Å². The maximum absolute atomic E-state index is 13.6. The average Bonchev–Trinajstić information content (AvgIpc) is 2.41. The van der Waals surface area contributed by atoms with Gasteiger partial charge in [-0.3, -0.25) is 4.90 Å². The van der Waals surface area contributed by atoms with Crippen molar-refractivity contribution in [1.29, 1.82) is 0 Å². The van der Waals surface area contributed by atoms with Gasteiger partial charge in [0.25, 0.3) is 0 Å². The van der Waals surface area contributed by atoms with E-state index in [0.717, 1.165) is 36.9 Å². The summed E-state index contributed by atoms with van der Waals surface area (Å²) in [5.74, 6) is -0.119. The van der Waals surface area contributed by atoms with E-state index in [2.05, 4.69) is 29.0 Å². The summed E-state index contributed by atoms with van der Waals surface area (Å²) in [4.78, 5) is 4.46. The van der Waals surface area contributed by atoms with Crippen molar-refractivity contribution < 1.29 is 4.39 Å². The first-order valence-corrected chi connectivity index (χ1v) is 7.48. The van der Waals surface area contributed by atoms with E-state index in [1.807, 2.05) is 12.1 Å². The zero-order chi connectivity index (χ0) is 14.5. The van der Waals surface area contributed by atoms with Gasteiger partial charge in [-0.15, -0.1) is 0 Å². The van der Waals surface area contributed by atoms with E-state index in [9.17, 15) is 4.39 Å². The molecular formula is C15H22FN3S. The molecule has 0 atom stereocenters. The van der Waals surface area contributed by atoms with E-state index >= 15 is 0 Å². The molecule has 0 saturated carbocycles. The number of hydrogen-bond donors (Lipinski definition) is 1. The fraction of sp³-hybridized carbons (Fsp3) is 0.533. The lowest BCUT2D eigenvalue weighted by molar-refractivity contribution is 0.172. The number of nitrogens with zero attached hydrogens (tertiary/aromatic N) is 2. The van der Waals surface area contributed by atoms with Crippen molar-refractivity contribution in [2.75, 3.05) is 26.2 Å². The number of piperazine rings is 1. The summed E-state index contributed by atoms with van der Waals surface area (Å²) in [5, 5.41) is 4.09. The van der Waals surface area contributed by atoms with Crippen molar-refractivity contribution >= 4 is 17.3 Å². The summed E-state index contributed by atoms with van der Waals surface area (Å²) >= 11 is 5.38. The molecule has 1 aliphatic heterocycles. The molecule has 1 saturated heterocycles. The minimum absolute atomic E-state index is 0.119. The molecule has 0 bridgehead atoms. The summed E-state index contributed by atoms with van der Waals surface area (Å²) < 4.78 is 13.6. The Morgan fingerprint density at radius 3 is 2.50 bits per heavy atom. The number of hydrogen-bond acceptors (Lipinski definition) is 2. The third kappa shape index (κ3) is 4.15. The van der Waals surface area contributed by atoms with Crippen molar-refractivity contribution in [2.24, 2.45) is 0 Å². The summed E-state index contributed by atoms with van der Waals surface area (Å²) in [6, 6.07) is 7.35. The zero-order valence-corrected chi connectivity index (χ0v) is 12.9. The minimum atomic E-state index is -0.119. The number of rotatable bonds is 3. The standard InChI is InChI=1S/C15H22FN3S/c1-12(2)17-15(20)19-9-7-18(8-10-19)11-13-5-3-4-6-14(13)16/h3-6,12H,7-11H2,1-2H3,(H,17,20). The molecule has 1 aromatic rings. The van der Waals surface area contributed by atoms with Crippen molar-refractivity contribution in [3.05, 3.63) is 35.6 Å². The normalized spacial score (nSPS) is 16.5. The highest BCUT2D eigenvalue weighted by molar-refractivity contribution is 7.80. The van der Waals surface area contributed by atoms with Crippen LogP contribution in [0.1, 0.15) is 19.4 Å². The van der Waals surface area contributed by atoms with Crippen molar-refractivity contribution in [3.8, 4) is 0 Å². The maximum atomic E-state index is 13.6. The molecule has 3 nitrogen and oxygen atoms in total. The summed E-state index contributed by atoms with van der Waals surface area (Å²) in [7, 11) is 0. The van der Waals surface area contributed by atoms with E-state index in [4.69, 9.17) is 12.2 Å². The third-order valence-electron chi connectivity index (χ3n) is 3.42. The van der Waals surface area contributed by atoms with E-state index < -0.39 is 0 Å². The van der Waals surface area contributed by atoms with Crippen LogP contribution in [0.25, 0.3) is 0 Å². The molecule has 1 heterocycles. The average molecular weight is 295 g/mol. The Morgan fingerprint density at radius 1 is 1.25 bits per heavy atom. The van der Waals surface area contributed by atoms with Crippen molar-refractivity contribution in [1.82, 2.24) is 15.1 Å². The first-order valence-electron chi connectivity index (χ1n) is 7.07. The maximum Gasteiger partial charge on any atom is 0.169 e. The van der Waals surface area contributed by atoms with Gasteiger partial charge in [-0.05, 0) is 32.1 Å². The monoisotopic (exact) mass is 295 g/mol. The Bertz CT molecular complexity index is 456. The highest BCUT2D eigenvalue weighted by atomic mass is 32.1. The van der Waals surface area contributed by atoms with Gasteiger partial charge in [0.15, 0.2) is 5.11 Å². The number of benzene rings is 1. The van der Waals surface area contributed by atoms with E-state index in [1.165, 1.54) is 6.07 Å². The Morgan fingerprint density at radius 2 is 1.90 bits per heavy atom. The molecule has 20 heavy (non-hydrogen) atoms. The molecule has 0 spiro atoms. The van der Waals surface area contributed by atoms with Gasteiger partial charge in [-0.2, -0.15) is 0 Å². The summed E-state index contributed by atoms with van der Waals surface area (Å²) in [5.41, 5.74) is 0.767. The van der Waals surface area contributed by atoms with Crippen LogP contribution in [0.5, 0.6) is 0 Å². The van der Waals surface area contributed by atoms with Crippen LogP contribution in [0.15, 0.2) is 24.3 Å². The van der Waals surface area contributed by atoms with Crippen molar-refractivity contribution in [3.63, 3.8) is 0 Å². The summed E-state index contributed by atoms with van der Waals surface area (Å²) in [6.45, 7) is 8.45. The zero-order valence-electron chi connectivity index (χ0n) is 12.1. The van der Waals surface area contributed by atoms with Gasteiger partial charge in [-0.1, -0.05) is 18.2 Å². The van der Waals surface area contributed by atoms with Gasteiger partial charge >= 0.3 is 0 Å². The van der Waals surface area contributed by atoms with Crippen LogP contribution in [-0.2, 0) is 6.54 Å². The Balaban J connectivity index is 1.83. The van der Waals surface area contributed by atoms with Gasteiger partial charge in [0.05, 0.1) is 0 Å². The highest BCUT2D eigenvalue weighted by Gasteiger charge is 2.19. The van der Waals surface area contributed by atoms with Crippen molar-refractivity contribution in [2.45, 2.75) is 26.4 Å². The number of thiocarbonyl (C=S) groups is 1. The largest absolute Gasteiger partial charge is 0.360 e. The van der Waals surface area contributed by atoms with Crippen LogP contribution in [0, 0.1) is 5.82 Å². The van der Waals surface area contributed by atoms with Gasteiger partial charge in [0.1, 0.15) is 5.82 Å². The van der Waals surface area contributed by atoms with Gasteiger partial charge in [0, 0.05) is 44.3 Å². The van der Waals surface area contributed by atoms with Gasteiger partial charge < -0.3 is 10.2 Å². The Kier molecular flexibility index (Phi) is 5.31. The molecular weight excluding hydrogens is 273 g/mol. The number of nitrogens with one attached hydrogen (secondary N) is 1.